The lowest BCUT2D eigenvalue weighted by Crippen LogP contribution is -2.81. The van der Waals surface area contributed by atoms with Crippen molar-refractivity contribution in [3.8, 4) is 5.75 Å². The highest BCUT2D eigenvalue weighted by Gasteiger charge is 2.80. The standard InChI is InChI=1S/C45H56N4O8.C4H6O6/c1-8-27-19-28-22-44(40(51)55-6,36-30(25-48(23-27)24-28)29-13-10-11-14-33(29)46-36)32-20-31-34(21-35(32)54-5)47(4)38-43(31)16-18-49-17-12-15-42(9-2,37(43)49)39(57-26(3)50)45(38,53)41(52)56-7;5-1(3(7)8)2(6)4(9)10/h10-15,20-21,27-28,37-39,46,53H,8-9,16-19,22-25H2,1-7H3;1-2,5-6H,(H,7,8)(H,9,10)/t27?,28-,37-,38+,39-,42+,43+,44-,45-;/m0./s1. The summed E-state index contributed by atoms with van der Waals surface area (Å²) in [5, 5.41) is 46.9. The minimum absolute atomic E-state index is 0.190. The van der Waals surface area contributed by atoms with Crippen molar-refractivity contribution in [2.24, 2.45) is 17.3 Å². The Balaban J connectivity index is 0.000000547. The molecule has 362 valence electrons. The molecule has 18 nitrogen and oxygen atoms in total. The van der Waals surface area contributed by atoms with Crippen LogP contribution in [0.25, 0.3) is 10.9 Å². The van der Waals surface area contributed by atoms with Crippen molar-refractivity contribution in [2.45, 2.75) is 106 Å². The van der Waals surface area contributed by atoms with E-state index in [-0.39, 0.29) is 17.9 Å². The van der Waals surface area contributed by atoms with Gasteiger partial charge in [0, 0.05) is 90.9 Å². The molecule has 6 N–H and O–H groups in total. The minimum Gasteiger partial charge on any atom is -0.496 e. The van der Waals surface area contributed by atoms with Gasteiger partial charge in [-0.05, 0) is 67.3 Å². The SMILES string of the molecule is CCC1C[C@@H]2CN(Cc3c([nH]c4ccccc34)[C@@](C(=O)OC)(c3cc4c(cc3OC)N(C)[C@H]3[C@@](O)(C(=O)OC)[C@@H](OC(C)=O)[C@]5(CC)C=CCN6CC[C@]43[C@@H]65)C2)C1.O=C(O)C(O)C(O)C(=O)O. The molecular weight excluding hydrogens is 869 g/mol. The van der Waals surface area contributed by atoms with E-state index in [1.807, 2.05) is 37.1 Å². The summed E-state index contributed by atoms with van der Waals surface area (Å²) in [7, 11) is 6.26. The molecule has 3 fully saturated rings. The summed E-state index contributed by atoms with van der Waals surface area (Å²) in [5.74, 6) is -4.13. The van der Waals surface area contributed by atoms with Gasteiger partial charge in [0.15, 0.2) is 18.3 Å². The molecule has 9 rings (SSSR count). The molecule has 3 aromatic rings. The maximum absolute atomic E-state index is 15.2. The molecule has 2 bridgehead atoms. The Morgan fingerprint density at radius 3 is 2.22 bits per heavy atom. The van der Waals surface area contributed by atoms with E-state index in [0.717, 1.165) is 59.3 Å². The lowest BCUT2D eigenvalue weighted by atomic mass is 9.47. The van der Waals surface area contributed by atoms with Crippen molar-refractivity contribution in [2.75, 3.05) is 59.5 Å². The number of rotatable bonds is 10. The number of carboxylic acid groups (broad SMARTS) is 2. The molecule has 1 spiro atoms. The van der Waals surface area contributed by atoms with Gasteiger partial charge in [0.2, 0.25) is 5.60 Å². The van der Waals surface area contributed by atoms with Crippen molar-refractivity contribution in [3.05, 3.63) is 70.9 Å². The van der Waals surface area contributed by atoms with Gasteiger partial charge in [0.25, 0.3) is 0 Å². The first kappa shape index (κ1) is 47.9. The Bertz CT molecular complexity index is 2490. The van der Waals surface area contributed by atoms with Crippen molar-refractivity contribution < 1.29 is 68.5 Å². The number of carbonyl (C=O) groups excluding carboxylic acids is 3. The van der Waals surface area contributed by atoms with Crippen LogP contribution in [0.1, 0.15) is 75.3 Å². The van der Waals surface area contributed by atoms with Gasteiger partial charge in [-0.3, -0.25) is 19.4 Å². The maximum atomic E-state index is 15.2. The second-order valence-electron chi connectivity index (χ2n) is 19.2. The number of methoxy groups -OCH3 is 3. The van der Waals surface area contributed by atoms with E-state index in [0.29, 0.717) is 56.1 Å². The number of hydrogen-bond acceptors (Lipinski definition) is 15. The second-order valence-corrected chi connectivity index (χ2v) is 19.2. The van der Waals surface area contributed by atoms with Crippen LogP contribution in [0, 0.1) is 17.3 Å². The number of para-hydroxylation sites is 1. The summed E-state index contributed by atoms with van der Waals surface area (Å²) in [6, 6.07) is 11.3. The molecule has 6 aliphatic rings. The van der Waals surface area contributed by atoms with Crippen LogP contribution in [0.4, 0.5) is 5.69 Å². The number of aromatic nitrogens is 1. The topological polar surface area (TPSA) is 249 Å². The van der Waals surface area contributed by atoms with Gasteiger partial charge in [0.1, 0.15) is 11.2 Å². The van der Waals surface area contributed by atoms with E-state index in [1.165, 1.54) is 21.1 Å². The highest BCUT2D eigenvalue weighted by atomic mass is 16.6. The minimum atomic E-state index is -2.27. The highest BCUT2D eigenvalue weighted by molar-refractivity contribution is 5.95. The van der Waals surface area contributed by atoms with E-state index < -0.39 is 70.1 Å². The summed E-state index contributed by atoms with van der Waals surface area (Å²) >= 11 is 0. The number of esters is 3. The quantitative estimate of drug-likeness (QED) is 0.0972. The van der Waals surface area contributed by atoms with Crippen molar-refractivity contribution in [1.29, 1.82) is 0 Å². The summed E-state index contributed by atoms with van der Waals surface area (Å²) in [5.41, 5.74) is -0.0938. The van der Waals surface area contributed by atoms with E-state index in [2.05, 4.69) is 52.1 Å². The number of aliphatic hydroxyl groups is 3. The summed E-state index contributed by atoms with van der Waals surface area (Å²) in [6.07, 6.45) is 2.03. The van der Waals surface area contributed by atoms with Gasteiger partial charge in [-0.2, -0.15) is 0 Å². The van der Waals surface area contributed by atoms with E-state index >= 15 is 4.79 Å². The van der Waals surface area contributed by atoms with Crippen molar-refractivity contribution in [3.63, 3.8) is 0 Å². The van der Waals surface area contributed by atoms with Gasteiger partial charge >= 0.3 is 29.8 Å². The van der Waals surface area contributed by atoms with Crippen LogP contribution in [0.2, 0.25) is 0 Å². The summed E-state index contributed by atoms with van der Waals surface area (Å²) in [4.78, 5) is 72.8. The molecule has 2 saturated heterocycles. The van der Waals surface area contributed by atoms with E-state index in [9.17, 15) is 24.3 Å². The van der Waals surface area contributed by atoms with E-state index in [1.54, 1.807) is 7.11 Å². The largest absolute Gasteiger partial charge is 0.496 e. The second kappa shape index (κ2) is 17.5. The molecule has 6 heterocycles. The third kappa shape index (κ3) is 6.95. The van der Waals surface area contributed by atoms with Gasteiger partial charge in [-0.1, -0.05) is 50.6 Å². The zero-order valence-electron chi connectivity index (χ0n) is 39.0. The van der Waals surface area contributed by atoms with Crippen molar-refractivity contribution in [1.82, 2.24) is 14.8 Å². The maximum Gasteiger partial charge on any atom is 0.344 e. The number of carbonyl (C=O) groups is 5. The van der Waals surface area contributed by atoms with Crippen LogP contribution in [0.15, 0.2) is 48.6 Å². The Morgan fingerprint density at radius 2 is 1.61 bits per heavy atom. The third-order valence-corrected chi connectivity index (χ3v) is 16.0. The molecule has 4 unspecified atom stereocenters. The third-order valence-electron chi connectivity index (χ3n) is 16.0. The number of aliphatic hydroxyl groups excluding tert-OH is 2. The molecule has 5 aliphatic heterocycles. The molecule has 1 aliphatic carbocycles. The molecule has 18 heteroatoms. The fourth-order valence-corrected chi connectivity index (χ4v) is 13.6. The van der Waals surface area contributed by atoms with Crippen LogP contribution in [-0.4, -0.2) is 161 Å². The smallest absolute Gasteiger partial charge is 0.344 e. The number of benzene rings is 2. The summed E-state index contributed by atoms with van der Waals surface area (Å²) in [6.45, 7) is 9.54. The van der Waals surface area contributed by atoms with Crippen LogP contribution in [-0.2, 0) is 55.6 Å². The number of ether oxygens (including phenoxy) is 4. The molecule has 1 saturated carbocycles. The number of fused-ring (bicyclic) bond motifs is 6. The van der Waals surface area contributed by atoms with Crippen LogP contribution >= 0.6 is 0 Å². The van der Waals surface area contributed by atoms with Crippen LogP contribution in [0.5, 0.6) is 5.75 Å². The van der Waals surface area contributed by atoms with E-state index in [4.69, 9.17) is 39.4 Å². The first-order chi connectivity index (χ1) is 31.8. The van der Waals surface area contributed by atoms with Crippen LogP contribution < -0.4 is 9.64 Å². The Kier molecular flexibility index (Phi) is 12.5. The number of nitrogens with one attached hydrogen (secondary N) is 1. The molecule has 0 amide bonds. The number of hydrogen-bond donors (Lipinski definition) is 6. The molecule has 1 aromatic heterocycles. The Hall–Kier alpha value is -5.53. The number of H-pyrrole nitrogens is 1. The molecule has 12 atom stereocenters. The average molecular weight is 931 g/mol. The molecule has 67 heavy (non-hydrogen) atoms. The first-order valence-corrected chi connectivity index (χ1v) is 22.9. The molecule has 2 aromatic carbocycles. The predicted molar refractivity (Wildman–Crippen MR) is 241 cm³/mol. The van der Waals surface area contributed by atoms with Gasteiger partial charge in [0.05, 0.1) is 27.4 Å². The fraction of sp³-hybridized carbons (Fsp3) is 0.571. The number of piperidine rings is 1. The van der Waals surface area contributed by atoms with Gasteiger partial charge in [-0.15, -0.1) is 0 Å². The first-order valence-electron chi connectivity index (χ1n) is 22.9. The highest BCUT2D eigenvalue weighted by Crippen LogP contribution is 2.68. The molecule has 0 radical (unpaired) electrons. The number of aromatic amines is 1. The van der Waals surface area contributed by atoms with Crippen molar-refractivity contribution >= 4 is 46.4 Å². The van der Waals surface area contributed by atoms with Gasteiger partial charge in [-0.25, -0.2) is 14.4 Å². The Morgan fingerprint density at radius 1 is 0.925 bits per heavy atom. The normalized spacial score (nSPS) is 33.3. The molecular formula is C49H62N4O14. The summed E-state index contributed by atoms with van der Waals surface area (Å²) < 4.78 is 23.9. The lowest BCUT2D eigenvalue weighted by Gasteiger charge is -2.63. The zero-order chi connectivity index (χ0) is 48.5. The zero-order valence-corrected chi connectivity index (χ0v) is 39.0. The number of anilines is 1. The number of carboxylic acids is 2. The fourth-order valence-electron chi connectivity index (χ4n) is 13.6. The number of likely N-dealkylation sites (N-methyl/N-ethyl adjacent to an activating group) is 1. The van der Waals surface area contributed by atoms with Crippen LogP contribution in [0.3, 0.4) is 0 Å². The predicted octanol–water partition coefficient (Wildman–Crippen LogP) is 2.71. The number of aliphatic carboxylic acids is 2. The average Bonchev–Trinajstić information content (AvgIpc) is 3.97. The number of nitrogens with zero attached hydrogens (tertiary/aromatic N) is 3. The Labute approximate surface area is 388 Å². The van der Waals surface area contributed by atoms with Gasteiger partial charge < -0.3 is 54.4 Å². The lowest BCUT2D eigenvalue weighted by molar-refractivity contribution is -0.228. The monoisotopic (exact) mass is 930 g/mol.